The lowest BCUT2D eigenvalue weighted by atomic mass is 10.00. The van der Waals surface area contributed by atoms with E-state index >= 15 is 0 Å². The van der Waals surface area contributed by atoms with Crippen LogP contribution in [0.1, 0.15) is 53.2 Å². The number of aryl methyl sites for hydroxylation is 1. The smallest absolute Gasteiger partial charge is 0.307 e. The third-order valence-electron chi connectivity index (χ3n) is 5.99. The standard InChI is InChI=1S/C28H24N2O4/c31-25(34-27(20-11-5-2-6-12-20)26(32)19-9-3-1-4-10-19)18-17-24-29-23-14-8-7-13-22(23)28(33)30(24)21-15-16-21/h1-14,21,27H,15-18H2. The van der Waals surface area contributed by atoms with Crippen LogP contribution in [0.25, 0.3) is 10.9 Å². The molecule has 1 saturated carbocycles. The van der Waals surface area contributed by atoms with Crippen LogP contribution in [0, 0.1) is 0 Å². The minimum absolute atomic E-state index is 0.0168. The Morgan fingerprint density at radius 3 is 2.26 bits per heavy atom. The highest BCUT2D eigenvalue weighted by molar-refractivity contribution is 6.01. The van der Waals surface area contributed by atoms with Gasteiger partial charge in [0.2, 0.25) is 5.78 Å². The predicted molar refractivity (Wildman–Crippen MR) is 129 cm³/mol. The van der Waals surface area contributed by atoms with E-state index < -0.39 is 12.1 Å². The van der Waals surface area contributed by atoms with Crippen molar-refractivity contribution in [2.45, 2.75) is 37.8 Å². The van der Waals surface area contributed by atoms with Gasteiger partial charge in [0.25, 0.3) is 5.56 Å². The van der Waals surface area contributed by atoms with Gasteiger partial charge in [-0.3, -0.25) is 19.0 Å². The summed E-state index contributed by atoms with van der Waals surface area (Å²) >= 11 is 0. The molecule has 6 heteroatoms. The molecule has 34 heavy (non-hydrogen) atoms. The van der Waals surface area contributed by atoms with Gasteiger partial charge in [-0.25, -0.2) is 4.98 Å². The maximum Gasteiger partial charge on any atom is 0.307 e. The number of carbonyl (C=O) groups excluding carboxylic acids is 2. The van der Waals surface area contributed by atoms with Crippen LogP contribution in [0.5, 0.6) is 0 Å². The number of para-hydroxylation sites is 1. The number of esters is 1. The van der Waals surface area contributed by atoms with E-state index in [0.29, 0.717) is 27.9 Å². The van der Waals surface area contributed by atoms with Crippen LogP contribution >= 0.6 is 0 Å². The first kappa shape index (κ1) is 21.8. The summed E-state index contributed by atoms with van der Waals surface area (Å²) in [6.45, 7) is 0. The number of hydrogen-bond donors (Lipinski definition) is 0. The molecule has 3 aromatic carbocycles. The Bertz CT molecular complexity index is 1390. The first-order valence-electron chi connectivity index (χ1n) is 11.5. The quantitative estimate of drug-likeness (QED) is 0.283. The number of fused-ring (bicyclic) bond motifs is 1. The topological polar surface area (TPSA) is 78.3 Å². The number of hydrogen-bond acceptors (Lipinski definition) is 5. The van der Waals surface area contributed by atoms with Gasteiger partial charge in [0.15, 0.2) is 6.10 Å². The van der Waals surface area contributed by atoms with Gasteiger partial charge in [0.05, 0.1) is 17.3 Å². The minimum Gasteiger partial charge on any atom is -0.449 e. The van der Waals surface area contributed by atoms with Gasteiger partial charge in [-0.1, -0.05) is 72.8 Å². The molecule has 0 aliphatic heterocycles. The van der Waals surface area contributed by atoms with Gasteiger partial charge < -0.3 is 4.74 Å². The molecule has 4 aromatic rings. The molecular weight excluding hydrogens is 428 g/mol. The molecule has 0 bridgehead atoms. The SMILES string of the molecule is O=C(CCc1nc2ccccc2c(=O)n1C1CC1)OC(C(=O)c1ccccc1)c1ccccc1. The second-order valence-corrected chi connectivity index (χ2v) is 8.46. The number of benzene rings is 3. The van der Waals surface area contributed by atoms with Crippen molar-refractivity contribution in [2.75, 3.05) is 0 Å². The zero-order valence-corrected chi connectivity index (χ0v) is 18.6. The Morgan fingerprint density at radius 1 is 0.912 bits per heavy atom. The molecular formula is C28H24N2O4. The van der Waals surface area contributed by atoms with E-state index in [2.05, 4.69) is 4.98 Å². The fourth-order valence-electron chi connectivity index (χ4n) is 4.14. The van der Waals surface area contributed by atoms with Crippen LogP contribution in [0.15, 0.2) is 89.7 Å². The number of aromatic nitrogens is 2. The number of carbonyl (C=O) groups is 2. The van der Waals surface area contributed by atoms with Crippen molar-refractivity contribution in [3.63, 3.8) is 0 Å². The molecule has 0 spiro atoms. The summed E-state index contributed by atoms with van der Waals surface area (Å²) in [5.41, 5.74) is 1.64. The average molecular weight is 453 g/mol. The first-order valence-corrected chi connectivity index (χ1v) is 11.5. The number of ketones is 1. The van der Waals surface area contributed by atoms with Crippen LogP contribution in [0.3, 0.4) is 0 Å². The molecule has 1 fully saturated rings. The fourth-order valence-corrected chi connectivity index (χ4v) is 4.14. The zero-order valence-electron chi connectivity index (χ0n) is 18.6. The van der Waals surface area contributed by atoms with Gasteiger partial charge >= 0.3 is 5.97 Å². The highest BCUT2D eigenvalue weighted by Gasteiger charge is 2.29. The number of nitrogens with zero attached hydrogens (tertiary/aromatic N) is 2. The third kappa shape index (κ3) is 4.53. The lowest BCUT2D eigenvalue weighted by molar-refractivity contribution is -0.147. The summed E-state index contributed by atoms with van der Waals surface area (Å²) < 4.78 is 7.43. The third-order valence-corrected chi connectivity index (χ3v) is 5.99. The Labute approximate surface area is 196 Å². The van der Waals surface area contributed by atoms with Gasteiger partial charge in [0.1, 0.15) is 5.82 Å². The van der Waals surface area contributed by atoms with Crippen molar-refractivity contribution in [1.82, 2.24) is 9.55 Å². The lowest BCUT2D eigenvalue weighted by Gasteiger charge is -2.18. The molecule has 1 atom stereocenters. The molecule has 1 heterocycles. The number of Topliss-reactive ketones (excluding diaryl/α,β-unsaturated/α-hetero) is 1. The van der Waals surface area contributed by atoms with E-state index in [-0.39, 0.29) is 30.2 Å². The van der Waals surface area contributed by atoms with E-state index in [1.54, 1.807) is 53.1 Å². The van der Waals surface area contributed by atoms with E-state index in [0.717, 1.165) is 12.8 Å². The number of rotatable bonds is 8. The van der Waals surface area contributed by atoms with Crippen molar-refractivity contribution < 1.29 is 14.3 Å². The Morgan fingerprint density at radius 2 is 1.56 bits per heavy atom. The molecule has 1 unspecified atom stereocenters. The summed E-state index contributed by atoms with van der Waals surface area (Å²) in [5.74, 6) is -0.212. The maximum absolute atomic E-state index is 13.2. The molecule has 1 aliphatic carbocycles. The summed E-state index contributed by atoms with van der Waals surface area (Å²) in [7, 11) is 0. The molecule has 170 valence electrons. The van der Waals surface area contributed by atoms with Gasteiger partial charge in [-0.2, -0.15) is 0 Å². The largest absolute Gasteiger partial charge is 0.449 e. The van der Waals surface area contributed by atoms with Crippen LogP contribution < -0.4 is 5.56 Å². The van der Waals surface area contributed by atoms with Crippen LogP contribution in [0.4, 0.5) is 0 Å². The summed E-state index contributed by atoms with van der Waals surface area (Å²) in [4.78, 5) is 43.8. The Hall–Kier alpha value is -4.06. The van der Waals surface area contributed by atoms with E-state index in [1.165, 1.54) is 0 Å². The summed E-state index contributed by atoms with van der Waals surface area (Å²) in [6, 6.07) is 25.2. The maximum atomic E-state index is 13.2. The predicted octanol–water partition coefficient (Wildman–Crippen LogP) is 4.83. The van der Waals surface area contributed by atoms with Crippen LogP contribution in [-0.2, 0) is 16.0 Å². The monoisotopic (exact) mass is 452 g/mol. The second kappa shape index (κ2) is 9.43. The normalized spacial score (nSPS) is 14.0. The highest BCUT2D eigenvalue weighted by Crippen LogP contribution is 2.35. The van der Waals surface area contributed by atoms with Gasteiger partial charge in [-0.05, 0) is 25.0 Å². The fraction of sp³-hybridized carbons (Fsp3) is 0.214. The van der Waals surface area contributed by atoms with Gasteiger partial charge in [0, 0.05) is 23.6 Å². The van der Waals surface area contributed by atoms with E-state index in [1.807, 2.05) is 36.4 Å². The Balaban J connectivity index is 1.37. The molecule has 5 rings (SSSR count). The van der Waals surface area contributed by atoms with E-state index in [9.17, 15) is 14.4 Å². The van der Waals surface area contributed by atoms with Gasteiger partial charge in [-0.15, -0.1) is 0 Å². The Kier molecular flexibility index (Phi) is 6.04. The number of ether oxygens (including phenoxy) is 1. The molecule has 0 radical (unpaired) electrons. The van der Waals surface area contributed by atoms with Crippen molar-refractivity contribution in [3.8, 4) is 0 Å². The van der Waals surface area contributed by atoms with Crippen molar-refractivity contribution in [1.29, 1.82) is 0 Å². The van der Waals surface area contributed by atoms with Crippen molar-refractivity contribution in [3.05, 3.63) is 112 Å². The first-order chi connectivity index (χ1) is 16.6. The van der Waals surface area contributed by atoms with Crippen LogP contribution in [0.2, 0.25) is 0 Å². The second-order valence-electron chi connectivity index (χ2n) is 8.46. The molecule has 0 saturated heterocycles. The van der Waals surface area contributed by atoms with Crippen molar-refractivity contribution in [2.24, 2.45) is 0 Å². The van der Waals surface area contributed by atoms with E-state index in [4.69, 9.17) is 4.74 Å². The molecule has 1 aromatic heterocycles. The van der Waals surface area contributed by atoms with Crippen LogP contribution in [-0.4, -0.2) is 21.3 Å². The average Bonchev–Trinajstić information content (AvgIpc) is 3.72. The lowest BCUT2D eigenvalue weighted by Crippen LogP contribution is -2.26. The molecule has 1 aliphatic rings. The molecule has 6 nitrogen and oxygen atoms in total. The van der Waals surface area contributed by atoms with Crippen molar-refractivity contribution >= 4 is 22.7 Å². The molecule has 0 N–H and O–H groups in total. The minimum atomic E-state index is -1.04. The zero-order chi connectivity index (χ0) is 23.5. The summed E-state index contributed by atoms with van der Waals surface area (Å²) in [5, 5.41) is 0.582. The molecule has 0 amide bonds. The summed E-state index contributed by atoms with van der Waals surface area (Å²) in [6.07, 6.45) is 1.10. The highest BCUT2D eigenvalue weighted by atomic mass is 16.5.